The number of benzene rings is 3. The Morgan fingerprint density at radius 3 is 2.64 bits per heavy atom. The van der Waals surface area contributed by atoms with Crippen molar-refractivity contribution in [2.75, 3.05) is 20.0 Å². The predicted molar refractivity (Wildman–Crippen MR) is 177 cm³/mol. The Morgan fingerprint density at radius 2 is 1.77 bits per heavy atom. The standard InChI is InChI=1S/C38H46O5S/c1-41-37(39)15-6-3-9-27(23-30-11-7-12-31-25-33(38(40)42-2)19-20-34(30)31)16-18-29-10-4-5-14-35(29)43-26-28-17-21-36-32(24-28)13-8-22-44-36/h4-5,10,14,17,19-21,24-25,27,30H,3,6-9,11-13,15-16,18,22-23,26H2,1-2H3. The Kier molecular flexibility index (Phi) is 11.8. The molecule has 1 heterocycles. The molecule has 5 rings (SSSR count). The van der Waals surface area contributed by atoms with Gasteiger partial charge >= 0.3 is 11.9 Å². The van der Waals surface area contributed by atoms with E-state index in [4.69, 9.17) is 14.2 Å². The van der Waals surface area contributed by atoms with E-state index >= 15 is 0 Å². The second kappa shape index (κ2) is 16.2. The monoisotopic (exact) mass is 614 g/mol. The van der Waals surface area contributed by atoms with E-state index in [0.29, 0.717) is 30.4 Å². The van der Waals surface area contributed by atoms with Gasteiger partial charge in [-0.1, -0.05) is 49.2 Å². The van der Waals surface area contributed by atoms with Crippen LogP contribution < -0.4 is 4.74 Å². The minimum atomic E-state index is -0.273. The first-order valence-corrected chi connectivity index (χ1v) is 17.3. The summed E-state index contributed by atoms with van der Waals surface area (Å²) in [7, 11) is 2.90. The minimum absolute atomic E-state index is 0.132. The van der Waals surface area contributed by atoms with E-state index in [9.17, 15) is 9.59 Å². The molecule has 0 aromatic heterocycles. The van der Waals surface area contributed by atoms with Gasteiger partial charge in [0.05, 0.1) is 19.8 Å². The summed E-state index contributed by atoms with van der Waals surface area (Å²) >= 11 is 1.96. The zero-order valence-electron chi connectivity index (χ0n) is 26.3. The second-order valence-electron chi connectivity index (χ2n) is 12.2. The summed E-state index contributed by atoms with van der Waals surface area (Å²) in [6.07, 6.45) is 12.3. The molecule has 3 aromatic rings. The fourth-order valence-corrected chi connectivity index (χ4v) is 7.89. The number of para-hydroxylation sites is 1. The SMILES string of the molecule is COC(=O)CCCCC(CCc1ccccc1OCc1ccc2c(c1)CCCS2)CC1CCCc2cc(C(=O)OC)ccc21. The van der Waals surface area contributed by atoms with Gasteiger partial charge in [0.15, 0.2) is 0 Å². The average molecular weight is 615 g/mol. The van der Waals surface area contributed by atoms with Crippen LogP contribution in [0.3, 0.4) is 0 Å². The number of rotatable bonds is 14. The Hall–Kier alpha value is -3.25. The topological polar surface area (TPSA) is 61.8 Å². The van der Waals surface area contributed by atoms with Crippen LogP contribution in [0.5, 0.6) is 5.75 Å². The molecule has 2 unspecified atom stereocenters. The molecular formula is C38H46O5S. The number of hydrogen-bond acceptors (Lipinski definition) is 6. The number of methoxy groups -OCH3 is 2. The highest BCUT2D eigenvalue weighted by Gasteiger charge is 2.25. The molecule has 2 aliphatic rings. The Morgan fingerprint density at radius 1 is 0.909 bits per heavy atom. The summed E-state index contributed by atoms with van der Waals surface area (Å²) in [5.41, 5.74) is 7.25. The lowest BCUT2D eigenvalue weighted by Gasteiger charge is -2.30. The normalized spacial score (nSPS) is 16.4. The number of carbonyl (C=O) groups is 2. The molecule has 0 saturated heterocycles. The van der Waals surface area contributed by atoms with Crippen LogP contribution in [0.1, 0.15) is 102 Å². The Balaban J connectivity index is 1.25. The summed E-state index contributed by atoms with van der Waals surface area (Å²) in [4.78, 5) is 25.3. The van der Waals surface area contributed by atoms with Crippen LogP contribution in [0.4, 0.5) is 0 Å². The van der Waals surface area contributed by atoms with Gasteiger partial charge in [0.25, 0.3) is 0 Å². The number of hydrogen-bond donors (Lipinski definition) is 0. The van der Waals surface area contributed by atoms with Crippen molar-refractivity contribution in [2.45, 2.75) is 94.5 Å². The predicted octanol–water partition coefficient (Wildman–Crippen LogP) is 8.88. The van der Waals surface area contributed by atoms with Gasteiger partial charge < -0.3 is 14.2 Å². The number of esters is 2. The molecule has 3 aromatic carbocycles. The number of carbonyl (C=O) groups excluding carboxylic acids is 2. The van der Waals surface area contributed by atoms with Crippen LogP contribution in [0, 0.1) is 5.92 Å². The molecular weight excluding hydrogens is 568 g/mol. The van der Waals surface area contributed by atoms with E-state index in [-0.39, 0.29) is 11.9 Å². The number of aryl methyl sites for hydroxylation is 3. The van der Waals surface area contributed by atoms with E-state index < -0.39 is 0 Å². The number of unbranched alkanes of at least 4 members (excludes halogenated alkanes) is 1. The van der Waals surface area contributed by atoms with Gasteiger partial charge in [-0.05, 0) is 127 Å². The second-order valence-corrected chi connectivity index (χ2v) is 13.4. The van der Waals surface area contributed by atoms with Gasteiger partial charge in [0, 0.05) is 11.3 Å². The maximum Gasteiger partial charge on any atom is 0.337 e. The fourth-order valence-electron chi connectivity index (χ4n) is 6.87. The smallest absolute Gasteiger partial charge is 0.337 e. The van der Waals surface area contributed by atoms with E-state index in [0.717, 1.165) is 63.5 Å². The minimum Gasteiger partial charge on any atom is -0.489 e. The molecule has 0 fully saturated rings. The van der Waals surface area contributed by atoms with E-state index in [1.165, 1.54) is 65.5 Å². The van der Waals surface area contributed by atoms with E-state index in [2.05, 4.69) is 48.5 Å². The van der Waals surface area contributed by atoms with Crippen molar-refractivity contribution < 1.29 is 23.8 Å². The van der Waals surface area contributed by atoms with Crippen molar-refractivity contribution in [3.63, 3.8) is 0 Å². The van der Waals surface area contributed by atoms with E-state index in [1.54, 1.807) is 0 Å². The highest BCUT2D eigenvalue weighted by atomic mass is 32.2. The average Bonchev–Trinajstić information content (AvgIpc) is 3.07. The van der Waals surface area contributed by atoms with Crippen molar-refractivity contribution in [2.24, 2.45) is 5.92 Å². The van der Waals surface area contributed by atoms with Crippen molar-refractivity contribution in [3.05, 3.63) is 94.0 Å². The molecule has 0 spiro atoms. The number of ether oxygens (including phenoxy) is 3. The first-order chi connectivity index (χ1) is 21.5. The van der Waals surface area contributed by atoms with Crippen molar-refractivity contribution in [1.82, 2.24) is 0 Å². The van der Waals surface area contributed by atoms with Gasteiger partial charge in [-0.2, -0.15) is 0 Å². The summed E-state index contributed by atoms with van der Waals surface area (Å²) in [6, 6.07) is 21.4. The molecule has 0 radical (unpaired) electrons. The zero-order valence-corrected chi connectivity index (χ0v) is 27.1. The highest BCUT2D eigenvalue weighted by Crippen LogP contribution is 2.39. The third-order valence-corrected chi connectivity index (χ3v) is 10.5. The van der Waals surface area contributed by atoms with Gasteiger partial charge in [0.2, 0.25) is 0 Å². The molecule has 0 saturated carbocycles. The molecule has 1 aliphatic heterocycles. The molecule has 1 aliphatic carbocycles. The number of fused-ring (bicyclic) bond motifs is 2. The third-order valence-electron chi connectivity index (χ3n) is 9.25. The molecule has 234 valence electrons. The molecule has 5 nitrogen and oxygen atoms in total. The van der Waals surface area contributed by atoms with Crippen molar-refractivity contribution >= 4 is 23.7 Å². The van der Waals surface area contributed by atoms with Gasteiger partial charge in [-0.25, -0.2) is 4.79 Å². The molecule has 2 atom stereocenters. The Labute approximate surface area is 267 Å². The van der Waals surface area contributed by atoms with Crippen LogP contribution in [0.25, 0.3) is 0 Å². The first-order valence-electron chi connectivity index (χ1n) is 16.3. The summed E-state index contributed by atoms with van der Waals surface area (Å²) in [5, 5.41) is 0. The summed E-state index contributed by atoms with van der Waals surface area (Å²) in [6.45, 7) is 0.582. The molecule has 44 heavy (non-hydrogen) atoms. The quantitative estimate of drug-likeness (QED) is 0.134. The van der Waals surface area contributed by atoms with Crippen molar-refractivity contribution in [1.29, 1.82) is 0 Å². The molecule has 0 amide bonds. The summed E-state index contributed by atoms with van der Waals surface area (Å²) < 4.78 is 16.3. The third kappa shape index (κ3) is 8.68. The van der Waals surface area contributed by atoms with Gasteiger partial charge in [0.1, 0.15) is 12.4 Å². The number of thioether (sulfide) groups is 1. The van der Waals surface area contributed by atoms with Gasteiger partial charge in [-0.15, -0.1) is 11.8 Å². The lowest BCUT2D eigenvalue weighted by atomic mass is 9.75. The molecule has 6 heteroatoms. The molecule has 0 bridgehead atoms. The fraction of sp³-hybridized carbons (Fsp3) is 0.474. The van der Waals surface area contributed by atoms with E-state index in [1.807, 2.05) is 23.9 Å². The summed E-state index contributed by atoms with van der Waals surface area (Å²) in [5.74, 6) is 2.78. The highest BCUT2D eigenvalue weighted by molar-refractivity contribution is 7.99. The maximum atomic E-state index is 12.1. The largest absolute Gasteiger partial charge is 0.489 e. The van der Waals surface area contributed by atoms with Gasteiger partial charge in [-0.3, -0.25) is 4.79 Å². The van der Waals surface area contributed by atoms with Crippen LogP contribution >= 0.6 is 11.8 Å². The van der Waals surface area contributed by atoms with Crippen LogP contribution in [-0.4, -0.2) is 31.9 Å². The first kappa shape index (κ1) is 32.2. The van der Waals surface area contributed by atoms with Crippen molar-refractivity contribution in [3.8, 4) is 5.75 Å². The Bertz CT molecular complexity index is 1420. The van der Waals surface area contributed by atoms with Crippen LogP contribution in [-0.2, 0) is 40.1 Å². The maximum absolute atomic E-state index is 12.1. The lowest BCUT2D eigenvalue weighted by Crippen LogP contribution is -2.16. The van der Waals surface area contributed by atoms with Crippen LogP contribution in [0.15, 0.2) is 65.6 Å². The zero-order chi connectivity index (χ0) is 30.7. The van der Waals surface area contributed by atoms with Crippen LogP contribution in [0.2, 0.25) is 0 Å². The lowest BCUT2D eigenvalue weighted by molar-refractivity contribution is -0.140. The molecule has 0 N–H and O–H groups in total.